The van der Waals surface area contributed by atoms with Crippen LogP contribution in [0.2, 0.25) is 5.02 Å². The van der Waals surface area contributed by atoms with E-state index in [4.69, 9.17) is 36.2 Å². The van der Waals surface area contributed by atoms with Gasteiger partial charge in [-0.2, -0.15) is 0 Å². The molecular formula is C28H25ClN4O4. The zero-order valence-corrected chi connectivity index (χ0v) is 20.2. The maximum Gasteiger partial charge on any atom is 0.335 e. The minimum atomic E-state index is -0.984. The first-order valence-electron chi connectivity index (χ1n) is 11.0. The second-order valence-corrected chi connectivity index (χ2v) is 8.43. The molecule has 0 saturated heterocycles. The number of halogens is 1. The average molecular weight is 517 g/mol. The van der Waals surface area contributed by atoms with Gasteiger partial charge < -0.3 is 19.9 Å². The summed E-state index contributed by atoms with van der Waals surface area (Å²) in [4.78, 5) is 25.3. The fourth-order valence-corrected chi connectivity index (χ4v) is 4.21. The van der Waals surface area contributed by atoms with Crippen LogP contribution in [0.3, 0.4) is 0 Å². The molecule has 9 heteroatoms. The molecular weight excluding hydrogens is 492 g/mol. The van der Waals surface area contributed by atoms with Gasteiger partial charge in [-0.3, -0.25) is 4.99 Å². The van der Waals surface area contributed by atoms with Crippen molar-refractivity contribution in [1.29, 1.82) is 0 Å². The molecule has 2 heterocycles. The van der Waals surface area contributed by atoms with Crippen molar-refractivity contribution < 1.29 is 19.4 Å². The zero-order valence-electron chi connectivity index (χ0n) is 19.4. The molecule has 0 fully saturated rings. The Kier molecular flexibility index (Phi) is 7.40. The molecule has 2 N–H and O–H groups in total. The van der Waals surface area contributed by atoms with Gasteiger partial charge in [0.25, 0.3) is 0 Å². The predicted octanol–water partition coefficient (Wildman–Crippen LogP) is 6.24. The number of nitrogens with one attached hydrogen (secondary N) is 1. The molecule has 0 atom stereocenters. The lowest BCUT2D eigenvalue weighted by molar-refractivity contribution is 0.0697. The van der Waals surface area contributed by atoms with Crippen LogP contribution in [0.25, 0.3) is 11.3 Å². The lowest BCUT2D eigenvalue weighted by atomic mass is 9.95. The summed E-state index contributed by atoms with van der Waals surface area (Å²) in [5.41, 5.74) is 5.66. The van der Waals surface area contributed by atoms with Crippen LogP contribution >= 0.6 is 11.6 Å². The standard InChI is InChI=1S/C27H21ClN4O4.CH4/c1-35-19-8-10-21(23(12-19)36-2)25-22-11-17(28)5-9-20(22)24-16(13-29-25)14-30-27(32-24)31-18-6-3-15(4-7-18)26(33)34;/h3-12,14H,13H2,1-2H3,(H,33,34)(H,30,31,32);1H4. The van der Waals surface area contributed by atoms with Crippen LogP contribution in [-0.2, 0) is 6.54 Å². The number of fused-ring (bicyclic) bond motifs is 3. The number of ether oxygens (including phenoxy) is 2. The average Bonchev–Trinajstić information content (AvgIpc) is 3.05. The normalized spacial score (nSPS) is 11.7. The maximum absolute atomic E-state index is 11.1. The van der Waals surface area contributed by atoms with Crippen molar-refractivity contribution >= 4 is 34.9 Å². The number of aromatic nitrogens is 2. The van der Waals surface area contributed by atoms with Gasteiger partial charge in [0.1, 0.15) is 11.5 Å². The number of hydrogen-bond donors (Lipinski definition) is 2. The van der Waals surface area contributed by atoms with E-state index in [-0.39, 0.29) is 13.0 Å². The minimum absolute atomic E-state index is 0. The molecule has 0 radical (unpaired) electrons. The zero-order chi connectivity index (χ0) is 25.2. The van der Waals surface area contributed by atoms with Crippen molar-refractivity contribution in [1.82, 2.24) is 9.97 Å². The maximum atomic E-state index is 11.1. The van der Waals surface area contributed by atoms with Gasteiger partial charge in [-0.05, 0) is 48.5 Å². The Balaban J connectivity index is 0.00000320. The highest BCUT2D eigenvalue weighted by atomic mass is 35.5. The van der Waals surface area contributed by atoms with Gasteiger partial charge in [-0.1, -0.05) is 25.1 Å². The van der Waals surface area contributed by atoms with Crippen molar-refractivity contribution in [2.75, 3.05) is 19.5 Å². The molecule has 0 spiro atoms. The van der Waals surface area contributed by atoms with Crippen LogP contribution in [0.4, 0.5) is 11.6 Å². The van der Waals surface area contributed by atoms with Crippen molar-refractivity contribution in [3.63, 3.8) is 0 Å². The summed E-state index contributed by atoms with van der Waals surface area (Å²) in [6.07, 6.45) is 1.74. The number of carboxylic acids is 1. The molecule has 0 aliphatic carbocycles. The number of aliphatic imine (C=N–C) groups is 1. The molecule has 0 saturated carbocycles. The van der Waals surface area contributed by atoms with Gasteiger partial charge in [0.2, 0.25) is 5.95 Å². The second kappa shape index (κ2) is 10.7. The quantitative estimate of drug-likeness (QED) is 0.312. The van der Waals surface area contributed by atoms with Gasteiger partial charge in [0.15, 0.2) is 0 Å². The van der Waals surface area contributed by atoms with Gasteiger partial charge in [0, 0.05) is 45.2 Å². The molecule has 0 unspecified atom stereocenters. The molecule has 5 rings (SSSR count). The SMILES string of the molecule is C.COc1ccc(C2=NCc3cnc(Nc4ccc(C(=O)O)cc4)nc3-c3ccc(Cl)cc32)c(OC)c1. The van der Waals surface area contributed by atoms with E-state index in [1.165, 1.54) is 12.1 Å². The number of carbonyl (C=O) groups is 1. The monoisotopic (exact) mass is 516 g/mol. The number of anilines is 2. The third kappa shape index (κ3) is 5.10. The van der Waals surface area contributed by atoms with E-state index in [9.17, 15) is 4.79 Å². The summed E-state index contributed by atoms with van der Waals surface area (Å²) < 4.78 is 11.0. The van der Waals surface area contributed by atoms with Crippen molar-refractivity contribution in [3.8, 4) is 22.8 Å². The number of rotatable bonds is 6. The van der Waals surface area contributed by atoms with Gasteiger partial charge in [-0.15, -0.1) is 0 Å². The van der Waals surface area contributed by atoms with E-state index in [2.05, 4.69) is 10.3 Å². The lowest BCUT2D eigenvalue weighted by Crippen LogP contribution is -2.07. The minimum Gasteiger partial charge on any atom is -0.497 e. The molecule has 1 aliphatic heterocycles. The van der Waals surface area contributed by atoms with Gasteiger partial charge in [-0.25, -0.2) is 14.8 Å². The largest absolute Gasteiger partial charge is 0.497 e. The Morgan fingerprint density at radius 2 is 1.73 bits per heavy atom. The van der Waals surface area contributed by atoms with Crippen LogP contribution in [0.1, 0.15) is 34.5 Å². The Labute approximate surface area is 219 Å². The van der Waals surface area contributed by atoms with Gasteiger partial charge in [0.05, 0.1) is 37.7 Å². The number of nitrogens with zero attached hydrogens (tertiary/aromatic N) is 3. The van der Waals surface area contributed by atoms with E-state index in [1.54, 1.807) is 32.5 Å². The fourth-order valence-electron chi connectivity index (χ4n) is 4.03. The van der Waals surface area contributed by atoms with Crippen LogP contribution in [-0.4, -0.2) is 41.0 Å². The summed E-state index contributed by atoms with van der Waals surface area (Å²) >= 11 is 6.41. The molecule has 3 aromatic carbocycles. The number of aromatic carboxylic acids is 1. The van der Waals surface area contributed by atoms with Crippen molar-refractivity contribution in [2.45, 2.75) is 14.0 Å². The highest BCUT2D eigenvalue weighted by Gasteiger charge is 2.23. The highest BCUT2D eigenvalue weighted by Crippen LogP contribution is 2.36. The summed E-state index contributed by atoms with van der Waals surface area (Å²) in [6.45, 7) is 0.361. The summed E-state index contributed by atoms with van der Waals surface area (Å²) in [6, 6.07) is 17.6. The molecule has 1 aromatic heterocycles. The lowest BCUT2D eigenvalue weighted by Gasteiger charge is -2.15. The Hall–Kier alpha value is -4.43. The summed E-state index contributed by atoms with van der Waals surface area (Å²) in [7, 11) is 3.21. The second-order valence-electron chi connectivity index (χ2n) is 8.00. The Morgan fingerprint density at radius 3 is 2.43 bits per heavy atom. The smallest absolute Gasteiger partial charge is 0.335 e. The topological polar surface area (TPSA) is 106 Å². The van der Waals surface area contributed by atoms with E-state index in [0.717, 1.165) is 33.7 Å². The van der Waals surface area contributed by atoms with E-state index in [1.807, 2.05) is 36.4 Å². The molecule has 37 heavy (non-hydrogen) atoms. The first-order valence-corrected chi connectivity index (χ1v) is 11.4. The fraction of sp³-hybridized carbons (Fsp3) is 0.143. The van der Waals surface area contributed by atoms with Crippen molar-refractivity contribution in [2.24, 2.45) is 4.99 Å². The first kappa shape index (κ1) is 25.7. The number of carboxylic acid groups (broad SMARTS) is 1. The highest BCUT2D eigenvalue weighted by molar-refractivity contribution is 6.31. The van der Waals surface area contributed by atoms with Crippen LogP contribution in [0.15, 0.2) is 71.9 Å². The number of benzene rings is 3. The van der Waals surface area contributed by atoms with E-state index in [0.29, 0.717) is 34.7 Å². The predicted molar refractivity (Wildman–Crippen MR) is 145 cm³/mol. The van der Waals surface area contributed by atoms with Crippen LogP contribution in [0, 0.1) is 0 Å². The molecule has 0 amide bonds. The summed E-state index contributed by atoms with van der Waals surface area (Å²) in [5, 5.41) is 12.8. The number of methoxy groups -OCH3 is 2. The molecule has 1 aliphatic rings. The van der Waals surface area contributed by atoms with Gasteiger partial charge >= 0.3 is 5.97 Å². The summed E-state index contributed by atoms with van der Waals surface area (Å²) in [5.74, 6) is 0.700. The third-order valence-corrected chi connectivity index (χ3v) is 6.05. The van der Waals surface area contributed by atoms with E-state index < -0.39 is 5.97 Å². The molecule has 188 valence electrons. The Bertz CT molecular complexity index is 1500. The molecule has 4 aromatic rings. The third-order valence-electron chi connectivity index (χ3n) is 5.82. The van der Waals surface area contributed by atoms with Crippen LogP contribution in [0.5, 0.6) is 11.5 Å². The molecule has 8 nitrogen and oxygen atoms in total. The van der Waals surface area contributed by atoms with E-state index >= 15 is 0 Å². The number of hydrogen-bond acceptors (Lipinski definition) is 7. The van der Waals surface area contributed by atoms with Crippen molar-refractivity contribution in [3.05, 3.63) is 94.1 Å². The van der Waals surface area contributed by atoms with Crippen LogP contribution < -0.4 is 14.8 Å². The first-order chi connectivity index (χ1) is 17.5. The Morgan fingerprint density at radius 1 is 0.973 bits per heavy atom. The molecule has 0 bridgehead atoms.